The molecule has 1 N–H and O–H groups in total. The Morgan fingerprint density at radius 1 is 0.750 bits per heavy atom. The van der Waals surface area contributed by atoms with Crippen molar-refractivity contribution in [3.05, 3.63) is 88.1 Å². The summed E-state index contributed by atoms with van der Waals surface area (Å²) in [7, 11) is -3.52. The molecule has 0 aliphatic heterocycles. The summed E-state index contributed by atoms with van der Waals surface area (Å²) in [5, 5.41) is 8.60. The van der Waals surface area contributed by atoms with Gasteiger partial charge < -0.3 is 5.11 Å². The van der Waals surface area contributed by atoms with E-state index in [1.807, 2.05) is 39.0 Å². The van der Waals surface area contributed by atoms with Crippen LogP contribution in [0, 0.1) is 6.92 Å². The Morgan fingerprint density at radius 3 is 1.75 bits per heavy atom. The quantitative estimate of drug-likeness (QED) is 0.239. The lowest BCUT2D eigenvalue weighted by molar-refractivity contribution is 0.341. The van der Waals surface area contributed by atoms with Crippen LogP contribution in [0.2, 0.25) is 0 Å². The van der Waals surface area contributed by atoms with E-state index in [2.05, 4.69) is 45.9 Å². The minimum absolute atomic E-state index is 0.0833. The molecule has 0 heterocycles. The van der Waals surface area contributed by atoms with Crippen molar-refractivity contribution in [1.29, 1.82) is 0 Å². The van der Waals surface area contributed by atoms with Crippen LogP contribution >= 0.6 is 0 Å². The first-order chi connectivity index (χ1) is 16.9. The van der Waals surface area contributed by atoms with E-state index < -0.39 is 15.1 Å². The van der Waals surface area contributed by atoms with E-state index in [9.17, 15) is 13.5 Å². The van der Waals surface area contributed by atoms with E-state index in [0.717, 1.165) is 55.2 Å². The molecule has 3 nitrogen and oxygen atoms in total. The van der Waals surface area contributed by atoms with Crippen LogP contribution in [-0.2, 0) is 9.84 Å². The summed E-state index contributed by atoms with van der Waals surface area (Å²) >= 11 is 0. The maximum Gasteiger partial charge on any atom is 0.185 e. The molecular weight excluding hydrogens is 464 g/mol. The first-order valence-corrected chi connectivity index (χ1v) is 14.7. The zero-order chi connectivity index (χ0) is 27.1. The summed E-state index contributed by atoms with van der Waals surface area (Å²) in [6.07, 6.45) is 17.0. The summed E-state index contributed by atoms with van der Waals surface area (Å²) in [6, 6.07) is 7.06. The van der Waals surface area contributed by atoms with Crippen molar-refractivity contribution >= 4 is 9.84 Å². The van der Waals surface area contributed by atoms with Gasteiger partial charge in [0.2, 0.25) is 0 Å². The molecule has 0 bridgehead atoms. The molecule has 4 heteroatoms. The number of aliphatic hydroxyl groups excluding tert-OH is 1. The fraction of sp³-hybridized carbons (Fsp3) is 0.500. The Balaban J connectivity index is 2.81. The number of sulfone groups is 1. The molecule has 36 heavy (non-hydrogen) atoms. The second-order valence-corrected chi connectivity index (χ2v) is 12.5. The Bertz CT molecular complexity index is 1060. The predicted molar refractivity (Wildman–Crippen MR) is 156 cm³/mol. The summed E-state index contributed by atoms with van der Waals surface area (Å²) in [6.45, 7) is 14.4. The molecular formula is C32H48O3S. The lowest BCUT2D eigenvalue weighted by Gasteiger charge is -2.16. The van der Waals surface area contributed by atoms with Gasteiger partial charge in [0.25, 0.3) is 0 Å². The van der Waals surface area contributed by atoms with Crippen LogP contribution in [0.1, 0.15) is 92.1 Å². The highest BCUT2D eigenvalue weighted by atomic mass is 32.2. The highest BCUT2D eigenvalue weighted by Crippen LogP contribution is 2.25. The maximum absolute atomic E-state index is 13.4. The standard InChI is InChI=1S/C32H48O3S/c1-25(2)11-8-12-26(3)13-9-14-27(4)15-10-16-29(6)23-32(24-30(7)21-22-33)36(34,35)31-19-17-28(5)18-20-31/h11,13,15,17-21,23,32-33H,8-10,12,14,16,22,24H2,1-7H3/b26-13+,27-15+,29-23+,30-21+. The number of rotatable bonds is 15. The van der Waals surface area contributed by atoms with Crippen molar-refractivity contribution in [2.24, 2.45) is 0 Å². The molecule has 1 atom stereocenters. The minimum atomic E-state index is -3.52. The molecule has 0 saturated carbocycles. The van der Waals surface area contributed by atoms with E-state index in [4.69, 9.17) is 0 Å². The normalized spacial score (nSPS) is 14.7. The first kappa shape index (κ1) is 31.9. The van der Waals surface area contributed by atoms with Crippen LogP contribution in [0.3, 0.4) is 0 Å². The van der Waals surface area contributed by atoms with E-state index in [-0.39, 0.29) is 6.61 Å². The second kappa shape index (κ2) is 16.6. The zero-order valence-electron chi connectivity index (χ0n) is 23.6. The van der Waals surface area contributed by atoms with Gasteiger partial charge in [-0.1, -0.05) is 75.9 Å². The third-order valence-corrected chi connectivity index (χ3v) is 8.36. The van der Waals surface area contributed by atoms with Crippen molar-refractivity contribution < 1.29 is 13.5 Å². The summed E-state index contributed by atoms with van der Waals surface area (Å²) in [5.74, 6) is 0. The van der Waals surface area contributed by atoms with Gasteiger partial charge >= 0.3 is 0 Å². The average molecular weight is 513 g/mol. The number of aryl methyl sites for hydroxylation is 1. The highest BCUT2D eigenvalue weighted by Gasteiger charge is 2.26. The molecule has 0 fully saturated rings. The predicted octanol–water partition coefficient (Wildman–Crippen LogP) is 8.61. The summed E-state index contributed by atoms with van der Waals surface area (Å²) in [5.41, 5.74) is 7.19. The maximum atomic E-state index is 13.4. The molecule has 0 aliphatic rings. The average Bonchev–Trinajstić information content (AvgIpc) is 2.79. The topological polar surface area (TPSA) is 54.4 Å². The highest BCUT2D eigenvalue weighted by molar-refractivity contribution is 7.92. The van der Waals surface area contributed by atoms with Gasteiger partial charge in [-0.05, 0) is 106 Å². The lowest BCUT2D eigenvalue weighted by atomic mass is 10.0. The van der Waals surface area contributed by atoms with Gasteiger partial charge in [-0.2, -0.15) is 0 Å². The Kier molecular flexibility index (Phi) is 14.6. The molecule has 0 aliphatic carbocycles. The van der Waals surface area contributed by atoms with Crippen molar-refractivity contribution in [2.75, 3.05) is 6.61 Å². The summed E-state index contributed by atoms with van der Waals surface area (Å²) in [4.78, 5) is 0.346. The summed E-state index contributed by atoms with van der Waals surface area (Å²) < 4.78 is 26.8. The van der Waals surface area contributed by atoms with Gasteiger partial charge in [-0.3, -0.25) is 0 Å². The molecule has 1 unspecified atom stereocenters. The fourth-order valence-corrected chi connectivity index (χ4v) is 5.76. The molecule has 1 aromatic carbocycles. The number of benzene rings is 1. The lowest BCUT2D eigenvalue weighted by Crippen LogP contribution is -2.20. The number of allylic oxidation sites excluding steroid dienone is 8. The monoisotopic (exact) mass is 512 g/mol. The van der Waals surface area contributed by atoms with Crippen molar-refractivity contribution in [3.63, 3.8) is 0 Å². The van der Waals surface area contributed by atoms with Gasteiger partial charge in [0.1, 0.15) is 0 Å². The van der Waals surface area contributed by atoms with Gasteiger partial charge in [0.05, 0.1) is 16.8 Å². The van der Waals surface area contributed by atoms with E-state index in [1.165, 1.54) is 16.7 Å². The van der Waals surface area contributed by atoms with E-state index in [1.54, 1.807) is 18.2 Å². The molecule has 0 amide bonds. The molecule has 0 spiro atoms. The first-order valence-electron chi connectivity index (χ1n) is 13.1. The fourth-order valence-electron chi connectivity index (χ4n) is 4.00. The molecule has 1 aromatic rings. The van der Waals surface area contributed by atoms with Crippen LogP contribution in [0.4, 0.5) is 0 Å². The number of hydrogen-bond donors (Lipinski definition) is 1. The largest absolute Gasteiger partial charge is 0.392 e. The van der Waals surface area contributed by atoms with Crippen LogP contribution in [-0.4, -0.2) is 25.4 Å². The molecule has 0 radical (unpaired) electrons. The van der Waals surface area contributed by atoms with E-state index in [0.29, 0.717) is 11.3 Å². The molecule has 0 saturated heterocycles. The Hall–Kier alpha value is -2.17. The van der Waals surface area contributed by atoms with Crippen LogP contribution in [0.15, 0.2) is 87.4 Å². The molecule has 200 valence electrons. The SMILES string of the molecule is CC(C)=CCC/C(C)=C/CC/C(C)=C/CC/C(C)=C/C(C/C(C)=C/CO)S(=O)(=O)c1ccc(C)cc1. The number of hydrogen-bond acceptors (Lipinski definition) is 3. The Labute approximate surface area is 221 Å². The smallest absolute Gasteiger partial charge is 0.185 e. The van der Waals surface area contributed by atoms with E-state index >= 15 is 0 Å². The van der Waals surface area contributed by atoms with Crippen LogP contribution in [0.5, 0.6) is 0 Å². The Morgan fingerprint density at radius 2 is 1.25 bits per heavy atom. The van der Waals surface area contributed by atoms with Gasteiger partial charge in [-0.25, -0.2) is 8.42 Å². The third kappa shape index (κ3) is 12.7. The zero-order valence-corrected chi connectivity index (χ0v) is 24.4. The molecule has 1 rings (SSSR count). The second-order valence-electron chi connectivity index (χ2n) is 10.3. The van der Waals surface area contributed by atoms with Crippen molar-refractivity contribution in [1.82, 2.24) is 0 Å². The van der Waals surface area contributed by atoms with Crippen molar-refractivity contribution in [3.8, 4) is 0 Å². The van der Waals surface area contributed by atoms with Crippen molar-refractivity contribution in [2.45, 2.75) is 104 Å². The third-order valence-electron chi connectivity index (χ3n) is 6.34. The van der Waals surface area contributed by atoms with Gasteiger partial charge in [0.15, 0.2) is 9.84 Å². The minimum Gasteiger partial charge on any atom is -0.392 e. The van der Waals surface area contributed by atoms with Gasteiger partial charge in [-0.15, -0.1) is 0 Å². The van der Waals surface area contributed by atoms with Gasteiger partial charge in [0, 0.05) is 0 Å². The number of aliphatic hydroxyl groups is 1. The van der Waals surface area contributed by atoms with Crippen LogP contribution < -0.4 is 0 Å². The van der Waals surface area contributed by atoms with Crippen LogP contribution in [0.25, 0.3) is 0 Å². The molecule has 0 aromatic heterocycles.